The van der Waals surface area contributed by atoms with Crippen molar-refractivity contribution < 1.29 is 14.4 Å². The van der Waals surface area contributed by atoms with Crippen LogP contribution in [0.1, 0.15) is 118 Å². The Labute approximate surface area is 248 Å². The number of carbonyl (C=O) groups is 3. The summed E-state index contributed by atoms with van der Waals surface area (Å²) < 4.78 is 0. The molecule has 4 rings (SSSR count). The fraction of sp³-hybridized carbons (Fsp3) is 0.743. The fourth-order valence-electron chi connectivity index (χ4n) is 7.51. The van der Waals surface area contributed by atoms with Gasteiger partial charge in [-0.25, -0.2) is 0 Å². The second kappa shape index (κ2) is 14.7. The average molecular weight is 566 g/mol. The number of nitrogens with one attached hydrogen (secondary N) is 3. The van der Waals surface area contributed by atoms with Gasteiger partial charge in [0, 0.05) is 34.8 Å². The van der Waals surface area contributed by atoms with Crippen molar-refractivity contribution in [3.63, 3.8) is 0 Å². The zero-order chi connectivity index (χ0) is 29.5. The molecule has 0 spiro atoms. The van der Waals surface area contributed by atoms with Crippen LogP contribution in [0.3, 0.4) is 0 Å². The maximum absolute atomic E-state index is 13.3. The average Bonchev–Trinajstić information content (AvgIpc) is 2.97. The van der Waals surface area contributed by atoms with E-state index in [-0.39, 0.29) is 35.5 Å². The Hall–Kier alpha value is -2.37. The van der Waals surface area contributed by atoms with Crippen LogP contribution in [-0.4, -0.2) is 17.7 Å². The standard InChI is InChI=1S/C35H55N3O3/c1-6-24-7-9-27(10-8-24)33(39)36-30-19-31(37-34(40)28-15-11-25(12-16-28)22(2)3)21-32(20-30)38-35(41)29-17-13-26(14-18-29)23(4)5/h19-29H,6-18H2,1-5H3,(H,36,39)(H,37,40)(H,38,41). The molecule has 0 heterocycles. The molecule has 3 saturated carbocycles. The zero-order valence-electron chi connectivity index (χ0n) is 26.3. The Morgan fingerprint density at radius 1 is 0.561 bits per heavy atom. The first-order valence-corrected chi connectivity index (χ1v) is 16.7. The Bertz CT molecular complexity index is 967. The molecule has 0 aliphatic heterocycles. The molecule has 0 atom stereocenters. The molecule has 3 aliphatic carbocycles. The lowest BCUT2D eigenvalue weighted by Gasteiger charge is -2.30. The Morgan fingerprint density at radius 3 is 1.12 bits per heavy atom. The second-order valence-electron chi connectivity index (χ2n) is 14.1. The monoisotopic (exact) mass is 565 g/mol. The molecule has 41 heavy (non-hydrogen) atoms. The van der Waals surface area contributed by atoms with Crippen LogP contribution in [0.25, 0.3) is 0 Å². The number of hydrogen-bond donors (Lipinski definition) is 3. The van der Waals surface area contributed by atoms with E-state index in [1.165, 1.54) is 6.42 Å². The third-order valence-electron chi connectivity index (χ3n) is 10.7. The maximum Gasteiger partial charge on any atom is 0.227 e. The van der Waals surface area contributed by atoms with Gasteiger partial charge in [-0.2, -0.15) is 0 Å². The molecule has 0 saturated heterocycles. The minimum atomic E-state index is 0.00572. The van der Waals surface area contributed by atoms with Crippen LogP contribution in [-0.2, 0) is 14.4 Å². The van der Waals surface area contributed by atoms with Crippen LogP contribution in [0.15, 0.2) is 18.2 Å². The van der Waals surface area contributed by atoms with Gasteiger partial charge in [0.25, 0.3) is 0 Å². The molecule has 3 fully saturated rings. The van der Waals surface area contributed by atoms with Gasteiger partial charge in [0.05, 0.1) is 0 Å². The first-order chi connectivity index (χ1) is 19.6. The molecule has 0 unspecified atom stereocenters. The highest BCUT2D eigenvalue weighted by atomic mass is 16.2. The van der Waals surface area contributed by atoms with E-state index < -0.39 is 0 Å². The quantitative estimate of drug-likeness (QED) is 0.280. The van der Waals surface area contributed by atoms with Crippen molar-refractivity contribution in [2.45, 2.75) is 118 Å². The van der Waals surface area contributed by atoms with Crippen molar-refractivity contribution >= 4 is 34.8 Å². The van der Waals surface area contributed by atoms with Crippen molar-refractivity contribution in [2.24, 2.45) is 47.3 Å². The highest BCUT2D eigenvalue weighted by Crippen LogP contribution is 2.36. The molecule has 3 N–H and O–H groups in total. The van der Waals surface area contributed by atoms with Gasteiger partial charge in [0.2, 0.25) is 17.7 Å². The minimum Gasteiger partial charge on any atom is -0.326 e. The van der Waals surface area contributed by atoms with Crippen molar-refractivity contribution in [1.29, 1.82) is 0 Å². The Morgan fingerprint density at radius 2 is 0.854 bits per heavy atom. The molecule has 3 amide bonds. The van der Waals surface area contributed by atoms with Gasteiger partial charge in [0.1, 0.15) is 0 Å². The van der Waals surface area contributed by atoms with Crippen LogP contribution >= 0.6 is 0 Å². The largest absolute Gasteiger partial charge is 0.326 e. The summed E-state index contributed by atoms with van der Waals surface area (Å²) in [6.07, 6.45) is 13.2. The molecule has 0 aromatic heterocycles. The van der Waals surface area contributed by atoms with Crippen molar-refractivity contribution in [2.75, 3.05) is 16.0 Å². The minimum absolute atomic E-state index is 0.00572. The highest BCUT2D eigenvalue weighted by molar-refractivity contribution is 5.99. The van der Waals surface area contributed by atoms with E-state index in [2.05, 4.69) is 50.6 Å². The summed E-state index contributed by atoms with van der Waals surface area (Å²) >= 11 is 0. The van der Waals surface area contributed by atoms with Gasteiger partial charge in [-0.05, 0) is 125 Å². The van der Waals surface area contributed by atoms with E-state index >= 15 is 0 Å². The second-order valence-corrected chi connectivity index (χ2v) is 14.1. The lowest BCUT2D eigenvalue weighted by atomic mass is 9.76. The molecule has 0 bridgehead atoms. The number of carbonyl (C=O) groups excluding carboxylic acids is 3. The SMILES string of the molecule is CCC1CCC(C(=O)Nc2cc(NC(=O)C3CCC(C(C)C)CC3)cc(NC(=O)C3CCC(C(C)C)CC3)c2)CC1. The van der Waals surface area contributed by atoms with Crippen molar-refractivity contribution in [3.05, 3.63) is 18.2 Å². The molecule has 228 valence electrons. The summed E-state index contributed by atoms with van der Waals surface area (Å²) in [6, 6.07) is 5.53. The molecule has 6 nitrogen and oxygen atoms in total. The van der Waals surface area contributed by atoms with E-state index in [0.29, 0.717) is 40.7 Å². The van der Waals surface area contributed by atoms with Gasteiger partial charge < -0.3 is 16.0 Å². The van der Waals surface area contributed by atoms with Crippen LogP contribution in [0, 0.1) is 47.3 Å². The van der Waals surface area contributed by atoms with Gasteiger partial charge in [-0.1, -0.05) is 41.0 Å². The first-order valence-electron chi connectivity index (χ1n) is 16.7. The molecular weight excluding hydrogens is 510 g/mol. The molecule has 1 aromatic rings. The van der Waals surface area contributed by atoms with Gasteiger partial charge in [0.15, 0.2) is 0 Å². The summed E-state index contributed by atoms with van der Waals surface area (Å²) in [5, 5.41) is 9.39. The summed E-state index contributed by atoms with van der Waals surface area (Å²) in [6.45, 7) is 11.3. The molecule has 0 radical (unpaired) electrons. The summed E-state index contributed by atoms with van der Waals surface area (Å²) in [5.41, 5.74) is 1.90. The summed E-state index contributed by atoms with van der Waals surface area (Å²) in [4.78, 5) is 39.7. The van der Waals surface area contributed by atoms with E-state index in [1.54, 1.807) is 0 Å². The lowest BCUT2D eigenvalue weighted by Crippen LogP contribution is -2.29. The van der Waals surface area contributed by atoms with Crippen LogP contribution in [0.4, 0.5) is 17.1 Å². The molecule has 6 heteroatoms. The normalized spacial score (nSPS) is 28.8. The Balaban J connectivity index is 1.44. The summed E-state index contributed by atoms with van der Waals surface area (Å²) in [7, 11) is 0. The molecule has 3 aliphatic rings. The van der Waals surface area contributed by atoms with E-state index in [9.17, 15) is 14.4 Å². The van der Waals surface area contributed by atoms with Crippen LogP contribution in [0.2, 0.25) is 0 Å². The van der Waals surface area contributed by atoms with Gasteiger partial charge in [-0.3, -0.25) is 14.4 Å². The van der Waals surface area contributed by atoms with Crippen LogP contribution < -0.4 is 16.0 Å². The molecular formula is C35H55N3O3. The van der Waals surface area contributed by atoms with E-state index in [4.69, 9.17) is 0 Å². The fourth-order valence-corrected chi connectivity index (χ4v) is 7.51. The maximum atomic E-state index is 13.3. The van der Waals surface area contributed by atoms with Crippen LogP contribution in [0.5, 0.6) is 0 Å². The predicted octanol–water partition coefficient (Wildman–Crippen LogP) is 8.64. The number of anilines is 3. The Kier molecular flexibility index (Phi) is 11.3. The number of rotatable bonds is 9. The number of amides is 3. The first kappa shape index (κ1) is 31.6. The number of hydrogen-bond acceptors (Lipinski definition) is 3. The van der Waals surface area contributed by atoms with Gasteiger partial charge >= 0.3 is 0 Å². The summed E-state index contributed by atoms with van der Waals surface area (Å²) in [5.74, 6) is 3.58. The lowest BCUT2D eigenvalue weighted by molar-refractivity contribution is -0.121. The molecule has 1 aromatic carbocycles. The zero-order valence-corrected chi connectivity index (χ0v) is 26.3. The van der Waals surface area contributed by atoms with E-state index in [1.807, 2.05) is 18.2 Å². The highest BCUT2D eigenvalue weighted by Gasteiger charge is 2.30. The third-order valence-corrected chi connectivity index (χ3v) is 10.7. The van der Waals surface area contributed by atoms with Gasteiger partial charge in [-0.15, -0.1) is 0 Å². The topological polar surface area (TPSA) is 87.3 Å². The predicted molar refractivity (Wildman–Crippen MR) is 169 cm³/mol. The van der Waals surface area contributed by atoms with Crippen molar-refractivity contribution in [1.82, 2.24) is 0 Å². The van der Waals surface area contributed by atoms with E-state index in [0.717, 1.165) is 83.0 Å². The third kappa shape index (κ3) is 8.81. The smallest absolute Gasteiger partial charge is 0.227 e. The number of benzene rings is 1. The van der Waals surface area contributed by atoms with Crippen molar-refractivity contribution in [3.8, 4) is 0 Å².